The van der Waals surface area contributed by atoms with Crippen LogP contribution < -0.4 is 51.9 Å². The fourth-order valence-electron chi connectivity index (χ4n) is 10.6. The van der Waals surface area contributed by atoms with E-state index >= 15 is 0 Å². The Labute approximate surface area is 583 Å². The van der Waals surface area contributed by atoms with Gasteiger partial charge in [0, 0.05) is 0 Å². The second-order valence-electron chi connectivity index (χ2n) is 21.2. The van der Waals surface area contributed by atoms with Crippen LogP contribution in [-0.2, 0) is 57.6 Å². The molecule has 0 bridgehead atoms. The molecule has 0 aliphatic carbocycles. The summed E-state index contributed by atoms with van der Waals surface area (Å²) < 4.78 is 12.4. The molecule has 0 unspecified atom stereocenters. The molecule has 0 fully saturated rings. The molecule has 0 N–H and O–H groups in total. The zero-order chi connectivity index (χ0) is 63.6. The van der Waals surface area contributed by atoms with E-state index in [4.69, 9.17) is 47.6 Å². The molecule has 2 nitrogen and oxygen atoms in total. The zero-order valence-electron chi connectivity index (χ0n) is 50.7. The average molecular weight is 1540 g/mol. The van der Waals surface area contributed by atoms with Crippen molar-refractivity contribution >= 4 is 112 Å². The molecule has 92 heavy (non-hydrogen) atoms. The Morgan fingerprint density at radius 2 is 0.326 bits per heavy atom. The van der Waals surface area contributed by atoms with Crippen LogP contribution in [0.3, 0.4) is 0 Å². The van der Waals surface area contributed by atoms with E-state index in [-0.39, 0.29) is 63.6 Å². The van der Waals surface area contributed by atoms with Crippen molar-refractivity contribution in [1.82, 2.24) is 0 Å². The summed E-state index contributed by atoms with van der Waals surface area (Å²) in [6.07, 6.45) is 8.67. The summed E-state index contributed by atoms with van der Waals surface area (Å²) in [4.78, 5) is 0. The van der Waals surface area contributed by atoms with Crippen molar-refractivity contribution in [2.24, 2.45) is 0 Å². The van der Waals surface area contributed by atoms with Crippen molar-refractivity contribution in [2.45, 2.75) is 25.7 Å². The van der Waals surface area contributed by atoms with E-state index in [2.05, 4.69) is 340 Å². The van der Waals surface area contributed by atoms with Gasteiger partial charge in [0.05, 0.1) is 0 Å². The van der Waals surface area contributed by atoms with Gasteiger partial charge in [0.15, 0.2) is 0 Å². The van der Waals surface area contributed by atoms with E-state index in [9.17, 15) is 0 Å². The first kappa shape index (κ1) is 70.8. The fraction of sp³-hybridized carbons (Fsp3) is 0.100. The maximum absolute atomic E-state index is 6.22. The van der Waals surface area contributed by atoms with Crippen LogP contribution in [-0.4, -0.2) is 24.6 Å². The van der Waals surface area contributed by atoms with Crippen LogP contribution in [0.2, 0.25) is 0 Å². The molecule has 0 aromatic heterocycles. The third kappa shape index (κ3) is 23.4. The first-order valence-corrected chi connectivity index (χ1v) is 44.4. The van der Waals surface area contributed by atoms with E-state index < -0.39 is 0 Å². The Balaban J connectivity index is 0.000000200. The van der Waals surface area contributed by atoms with Crippen molar-refractivity contribution in [3.8, 4) is 23.0 Å². The minimum Gasteiger partial charge on any atom is -0.457 e. The largest absolute Gasteiger partial charge is 0.457 e. The predicted octanol–water partition coefficient (Wildman–Crippen LogP) is 20.4. The molecule has 0 aliphatic heterocycles. The van der Waals surface area contributed by atoms with Gasteiger partial charge in [-0.3, -0.25) is 0 Å². The fourth-order valence-corrected chi connectivity index (χ4v) is 20.1. The summed E-state index contributed by atoms with van der Waals surface area (Å²) in [7, 11) is 17.7. The summed E-state index contributed by atoms with van der Waals surface area (Å²) in [5, 5.41) is 11.5. The van der Waals surface area contributed by atoms with Crippen molar-refractivity contribution in [3.05, 3.63) is 362 Å². The normalized spacial score (nSPS) is 10.9. The summed E-state index contributed by atoms with van der Waals surface area (Å²) in [6.45, 7) is 0. The molecule has 0 atom stereocenters. The molecular weight excluding hydrogens is 1470 g/mol. The third-order valence-electron chi connectivity index (χ3n) is 15.2. The monoisotopic (exact) mass is 1540 g/mol. The topological polar surface area (TPSA) is 18.5 Å². The summed E-state index contributed by atoms with van der Waals surface area (Å²) in [5.74, 6) is 3.51. The molecule has 12 heteroatoms. The molecule has 0 aliphatic rings. The molecule has 0 amide bonds. The average Bonchev–Trinajstić information content (AvgIpc) is 3.53. The first-order valence-electron chi connectivity index (χ1n) is 30.3. The standard InChI is InChI=1S/2C40H36OP2.4ClH.2Pd/c2*1-5-13-37(14-6-1)42(38-15-7-2-8-16-38)31-29-33-21-25-35(26-22-33)41-36-27-23-34(24-28-36)30-32-43(39-17-9-3-10-18-39)40-19-11-4-12-20-40;;;;;;/h2*1-28H,29-32H2;4*1H;;/q;;;;;;2*+2/p-4. The van der Waals surface area contributed by atoms with Crippen LogP contribution in [0.4, 0.5) is 0 Å². The molecule has 0 saturated carbocycles. The second-order valence-corrected chi connectivity index (χ2v) is 35.2. The van der Waals surface area contributed by atoms with Gasteiger partial charge >= 0.3 is 70.0 Å². The second kappa shape index (κ2) is 40.6. The smallest absolute Gasteiger partial charge is 0.127 e. The molecule has 472 valence electrons. The van der Waals surface area contributed by atoms with E-state index in [1.54, 1.807) is 0 Å². The van der Waals surface area contributed by atoms with Crippen molar-refractivity contribution in [3.63, 3.8) is 0 Å². The van der Waals surface area contributed by atoms with Gasteiger partial charge < -0.3 is 9.47 Å². The molecule has 12 rings (SSSR count). The van der Waals surface area contributed by atoms with Gasteiger partial charge in [-0.05, 0) is 195 Å². The number of ether oxygens (including phenoxy) is 2. The Morgan fingerprint density at radius 1 is 0.196 bits per heavy atom. The maximum atomic E-state index is 6.22. The molecule has 12 aromatic carbocycles. The molecule has 0 spiro atoms. The minimum atomic E-state index is -0.390. The van der Waals surface area contributed by atoms with E-state index in [1.807, 2.05) is 0 Å². The van der Waals surface area contributed by atoms with Gasteiger partial charge in [0.1, 0.15) is 23.0 Å². The Hall–Kier alpha value is -5.56. The number of hydrogen-bond acceptors (Lipinski definition) is 2. The first-order chi connectivity index (χ1) is 45.5. The SMILES string of the molecule is [Cl][Pd][Cl].[Cl][Pd][Cl].c1ccc(P(CCc2ccc(Oc3ccc(CCP(c4ccccc4)c4ccccc4)cc3)cc2)c2ccccc2)cc1.c1ccc(P(CCc2ccc(Oc3ccc(CCP(c4ccccc4)c4ccccc4)cc3)cc2)c2ccccc2)cc1. The van der Waals surface area contributed by atoms with E-state index in [0.29, 0.717) is 0 Å². The number of benzene rings is 12. The van der Waals surface area contributed by atoms with Crippen LogP contribution in [0.5, 0.6) is 23.0 Å². The summed E-state index contributed by atoms with van der Waals surface area (Å²) in [6, 6.07) is 122. The third-order valence-corrected chi connectivity index (χ3v) is 25.3. The Morgan fingerprint density at radius 3 is 0.457 bits per heavy atom. The van der Waals surface area contributed by atoms with Gasteiger partial charge in [-0.15, -0.1) is 0 Å². The Kier molecular flexibility index (Phi) is 31.3. The van der Waals surface area contributed by atoms with Crippen LogP contribution in [0.15, 0.2) is 340 Å². The number of rotatable bonds is 24. The van der Waals surface area contributed by atoms with Gasteiger partial charge in [0.25, 0.3) is 0 Å². The Bertz CT molecular complexity index is 3230. The number of halogens is 4. The van der Waals surface area contributed by atoms with Crippen LogP contribution in [0, 0.1) is 0 Å². The van der Waals surface area contributed by atoms with Gasteiger partial charge in [-0.25, -0.2) is 0 Å². The van der Waals surface area contributed by atoms with Crippen LogP contribution in [0.25, 0.3) is 0 Å². The predicted molar refractivity (Wildman–Crippen MR) is 400 cm³/mol. The zero-order valence-corrected chi connectivity index (χ0v) is 60.4. The van der Waals surface area contributed by atoms with Crippen molar-refractivity contribution < 1.29 is 41.4 Å². The number of hydrogen-bond donors (Lipinski definition) is 0. The van der Waals surface area contributed by atoms with Gasteiger partial charge in [-0.2, -0.15) is 0 Å². The maximum Gasteiger partial charge on any atom is 0.127 e. The van der Waals surface area contributed by atoms with Crippen molar-refractivity contribution in [2.75, 3.05) is 24.6 Å². The molecule has 0 radical (unpaired) electrons. The van der Waals surface area contributed by atoms with E-state index in [0.717, 1.165) is 73.3 Å². The summed E-state index contributed by atoms with van der Waals surface area (Å²) >= 11 is -0.211. The van der Waals surface area contributed by atoms with Crippen LogP contribution >= 0.6 is 69.8 Å². The number of aryl methyl sites for hydroxylation is 4. The van der Waals surface area contributed by atoms with Crippen molar-refractivity contribution in [1.29, 1.82) is 0 Å². The molecule has 0 saturated heterocycles. The van der Waals surface area contributed by atoms with Gasteiger partial charge in [0.2, 0.25) is 0 Å². The molecule has 0 heterocycles. The quantitative estimate of drug-likeness (QED) is 0.0443. The van der Waals surface area contributed by atoms with E-state index in [1.165, 1.54) is 64.7 Å². The molecular formula is C80H72Cl4O2P4Pd2. The van der Waals surface area contributed by atoms with Gasteiger partial charge in [-0.1, -0.05) is 291 Å². The minimum absolute atomic E-state index is 0.106. The molecule has 12 aromatic rings. The summed E-state index contributed by atoms with van der Waals surface area (Å²) in [5.41, 5.74) is 5.37. The van der Waals surface area contributed by atoms with Crippen LogP contribution in [0.1, 0.15) is 22.3 Å².